The smallest absolute Gasteiger partial charge is 0.289 e. The minimum atomic E-state index is -0.492. The Kier molecular flexibility index (Phi) is 3.68. The molecule has 1 rings (SSSR count). The van der Waals surface area contributed by atoms with Crippen LogP contribution in [-0.4, -0.2) is 18.5 Å². The molecular formula is C10H11ClN2O2. The van der Waals surface area contributed by atoms with Crippen LogP contribution in [0.15, 0.2) is 30.9 Å². The minimum absolute atomic E-state index is 0.0786. The maximum Gasteiger partial charge on any atom is 0.289 e. The van der Waals surface area contributed by atoms with E-state index in [1.807, 2.05) is 11.9 Å². The van der Waals surface area contributed by atoms with Gasteiger partial charge < -0.3 is 4.90 Å². The van der Waals surface area contributed by atoms with Crippen molar-refractivity contribution in [2.75, 3.05) is 18.5 Å². The van der Waals surface area contributed by atoms with Crippen LogP contribution in [0.5, 0.6) is 0 Å². The van der Waals surface area contributed by atoms with Crippen LogP contribution < -0.4 is 4.90 Å². The molecule has 1 aromatic carbocycles. The second-order valence-corrected chi connectivity index (χ2v) is 3.47. The fourth-order valence-corrected chi connectivity index (χ4v) is 1.36. The van der Waals surface area contributed by atoms with Gasteiger partial charge in [-0.05, 0) is 12.1 Å². The highest BCUT2D eigenvalue weighted by molar-refractivity contribution is 6.32. The Hall–Kier alpha value is -1.55. The molecule has 0 aliphatic rings. The van der Waals surface area contributed by atoms with E-state index in [0.717, 1.165) is 5.69 Å². The SMILES string of the molecule is C=CCN(C)c1ccc(Cl)c([N+](=O)[O-])c1. The topological polar surface area (TPSA) is 46.4 Å². The second kappa shape index (κ2) is 4.79. The third-order valence-electron chi connectivity index (χ3n) is 1.97. The molecule has 0 amide bonds. The molecule has 0 spiro atoms. The molecule has 0 radical (unpaired) electrons. The van der Waals surface area contributed by atoms with Crippen molar-refractivity contribution in [3.05, 3.63) is 46.0 Å². The minimum Gasteiger partial charge on any atom is -0.371 e. The van der Waals surface area contributed by atoms with E-state index in [-0.39, 0.29) is 10.7 Å². The summed E-state index contributed by atoms with van der Waals surface area (Å²) in [6, 6.07) is 4.71. The van der Waals surface area contributed by atoms with Crippen LogP contribution in [0.25, 0.3) is 0 Å². The lowest BCUT2D eigenvalue weighted by molar-refractivity contribution is -0.384. The van der Waals surface area contributed by atoms with E-state index in [1.54, 1.807) is 12.1 Å². The molecule has 0 atom stereocenters. The number of nitrogens with zero attached hydrogens (tertiary/aromatic N) is 2. The highest BCUT2D eigenvalue weighted by atomic mass is 35.5. The van der Waals surface area contributed by atoms with Crippen molar-refractivity contribution < 1.29 is 4.92 Å². The lowest BCUT2D eigenvalue weighted by Crippen LogP contribution is -2.16. The van der Waals surface area contributed by atoms with Gasteiger partial charge in [-0.2, -0.15) is 0 Å². The van der Waals surface area contributed by atoms with Gasteiger partial charge in [-0.25, -0.2) is 0 Å². The standard InChI is InChI=1S/C10H11ClN2O2/c1-3-6-12(2)8-4-5-9(11)10(7-8)13(14)15/h3-5,7H,1,6H2,2H3. The first-order valence-electron chi connectivity index (χ1n) is 4.32. The lowest BCUT2D eigenvalue weighted by atomic mass is 10.2. The summed E-state index contributed by atoms with van der Waals surface area (Å²) >= 11 is 5.69. The Morgan fingerprint density at radius 1 is 1.67 bits per heavy atom. The number of hydrogen-bond acceptors (Lipinski definition) is 3. The predicted molar refractivity (Wildman–Crippen MR) is 61.6 cm³/mol. The molecule has 1 aromatic rings. The van der Waals surface area contributed by atoms with Crippen LogP contribution in [0.2, 0.25) is 5.02 Å². The van der Waals surface area contributed by atoms with Crippen molar-refractivity contribution in [2.24, 2.45) is 0 Å². The molecule has 0 aliphatic heterocycles. The number of hydrogen-bond donors (Lipinski definition) is 0. The Bertz CT molecular complexity index is 393. The number of anilines is 1. The van der Waals surface area contributed by atoms with Crippen molar-refractivity contribution in [3.8, 4) is 0 Å². The number of likely N-dealkylation sites (N-methyl/N-ethyl adjacent to an activating group) is 1. The van der Waals surface area contributed by atoms with Crippen LogP contribution in [0.1, 0.15) is 0 Å². The average molecular weight is 227 g/mol. The van der Waals surface area contributed by atoms with E-state index in [9.17, 15) is 10.1 Å². The van der Waals surface area contributed by atoms with Gasteiger partial charge in [-0.3, -0.25) is 10.1 Å². The predicted octanol–water partition coefficient (Wildman–Crippen LogP) is 2.87. The molecule has 0 aliphatic carbocycles. The van der Waals surface area contributed by atoms with E-state index in [2.05, 4.69) is 6.58 Å². The van der Waals surface area contributed by atoms with Gasteiger partial charge >= 0.3 is 0 Å². The molecule has 5 heteroatoms. The largest absolute Gasteiger partial charge is 0.371 e. The zero-order valence-corrected chi connectivity index (χ0v) is 9.07. The third-order valence-corrected chi connectivity index (χ3v) is 2.29. The molecule has 0 saturated heterocycles. The number of rotatable bonds is 4. The summed E-state index contributed by atoms with van der Waals surface area (Å²) in [5.74, 6) is 0. The Balaban J connectivity index is 3.06. The van der Waals surface area contributed by atoms with E-state index < -0.39 is 4.92 Å². The molecule has 15 heavy (non-hydrogen) atoms. The Labute approximate surface area is 92.9 Å². The molecule has 0 N–H and O–H groups in total. The van der Waals surface area contributed by atoms with Gasteiger partial charge in [0.2, 0.25) is 0 Å². The van der Waals surface area contributed by atoms with Gasteiger partial charge in [-0.15, -0.1) is 6.58 Å². The summed E-state index contributed by atoms with van der Waals surface area (Å²) in [7, 11) is 1.83. The Morgan fingerprint density at radius 3 is 2.87 bits per heavy atom. The van der Waals surface area contributed by atoms with Crippen LogP contribution in [0.3, 0.4) is 0 Å². The quantitative estimate of drug-likeness (QED) is 0.451. The summed E-state index contributed by atoms with van der Waals surface area (Å²) in [5.41, 5.74) is 0.663. The van der Waals surface area contributed by atoms with E-state index in [0.29, 0.717) is 6.54 Å². The van der Waals surface area contributed by atoms with Crippen LogP contribution >= 0.6 is 11.6 Å². The molecule has 0 fully saturated rings. The van der Waals surface area contributed by atoms with Gasteiger partial charge in [0.25, 0.3) is 5.69 Å². The monoisotopic (exact) mass is 226 g/mol. The summed E-state index contributed by atoms with van der Waals surface area (Å²) < 4.78 is 0. The van der Waals surface area contributed by atoms with E-state index >= 15 is 0 Å². The molecule has 0 heterocycles. The first-order valence-corrected chi connectivity index (χ1v) is 4.70. The second-order valence-electron chi connectivity index (χ2n) is 3.06. The zero-order chi connectivity index (χ0) is 11.4. The fourth-order valence-electron chi connectivity index (χ4n) is 1.18. The average Bonchev–Trinajstić information content (AvgIpc) is 2.18. The van der Waals surface area contributed by atoms with Gasteiger partial charge in [0.15, 0.2) is 0 Å². The maximum absolute atomic E-state index is 10.6. The normalized spacial score (nSPS) is 9.73. The first kappa shape index (κ1) is 11.5. The number of nitro groups is 1. The van der Waals surface area contributed by atoms with Crippen molar-refractivity contribution in [1.82, 2.24) is 0 Å². The van der Waals surface area contributed by atoms with Gasteiger partial charge in [0, 0.05) is 25.3 Å². The third kappa shape index (κ3) is 2.70. The molecule has 0 saturated carbocycles. The lowest BCUT2D eigenvalue weighted by Gasteiger charge is -2.16. The number of benzene rings is 1. The van der Waals surface area contributed by atoms with Crippen LogP contribution in [0.4, 0.5) is 11.4 Å². The van der Waals surface area contributed by atoms with E-state index in [4.69, 9.17) is 11.6 Å². The van der Waals surface area contributed by atoms with Crippen LogP contribution in [-0.2, 0) is 0 Å². The van der Waals surface area contributed by atoms with Crippen molar-refractivity contribution in [1.29, 1.82) is 0 Å². The number of halogens is 1. The summed E-state index contributed by atoms with van der Waals surface area (Å²) in [4.78, 5) is 12.0. The maximum atomic E-state index is 10.6. The van der Waals surface area contributed by atoms with Crippen molar-refractivity contribution in [2.45, 2.75) is 0 Å². The van der Waals surface area contributed by atoms with Gasteiger partial charge in [0.05, 0.1) is 4.92 Å². The summed E-state index contributed by atoms with van der Waals surface area (Å²) in [6.07, 6.45) is 1.72. The molecule has 4 nitrogen and oxygen atoms in total. The molecule has 0 aromatic heterocycles. The molecule has 0 unspecified atom stereocenters. The summed E-state index contributed by atoms with van der Waals surface area (Å²) in [6.45, 7) is 4.22. The van der Waals surface area contributed by atoms with Crippen molar-refractivity contribution in [3.63, 3.8) is 0 Å². The molecule has 80 valence electrons. The first-order chi connectivity index (χ1) is 7.06. The zero-order valence-electron chi connectivity index (χ0n) is 8.31. The highest BCUT2D eigenvalue weighted by Crippen LogP contribution is 2.28. The van der Waals surface area contributed by atoms with Gasteiger partial charge in [-0.1, -0.05) is 17.7 Å². The summed E-state index contributed by atoms with van der Waals surface area (Å²) in [5, 5.41) is 10.8. The Morgan fingerprint density at radius 2 is 2.33 bits per heavy atom. The fraction of sp³-hybridized carbons (Fsp3) is 0.200. The van der Waals surface area contributed by atoms with E-state index in [1.165, 1.54) is 12.1 Å². The molecule has 0 bridgehead atoms. The van der Waals surface area contributed by atoms with Crippen molar-refractivity contribution >= 4 is 23.0 Å². The number of nitro benzene ring substituents is 1. The highest BCUT2D eigenvalue weighted by Gasteiger charge is 2.13. The molecular weight excluding hydrogens is 216 g/mol. The van der Waals surface area contributed by atoms with Crippen LogP contribution in [0, 0.1) is 10.1 Å². The van der Waals surface area contributed by atoms with Gasteiger partial charge in [0.1, 0.15) is 5.02 Å².